The zero-order valence-electron chi connectivity index (χ0n) is 12.6. The summed E-state index contributed by atoms with van der Waals surface area (Å²) in [7, 11) is 0. The molecule has 3 nitrogen and oxygen atoms in total. The van der Waals surface area contributed by atoms with Gasteiger partial charge in [-0.3, -0.25) is 4.98 Å². The first kappa shape index (κ1) is 16.1. The molecule has 0 spiro atoms. The Hall–Kier alpha value is -2.26. The largest absolute Gasteiger partial charge is 0.513 e. The van der Waals surface area contributed by atoms with Crippen molar-refractivity contribution in [3.8, 4) is 11.1 Å². The van der Waals surface area contributed by atoms with Crippen LogP contribution in [0.3, 0.4) is 0 Å². The Kier molecular flexibility index (Phi) is 5.23. The summed E-state index contributed by atoms with van der Waals surface area (Å²) in [6.07, 6.45) is 2.30. The lowest BCUT2D eigenvalue weighted by atomic mass is 10.0. The zero-order valence-corrected chi connectivity index (χ0v) is 13.3. The molecular formula is C18H19ClN2O. The van der Waals surface area contributed by atoms with E-state index in [9.17, 15) is 0 Å². The van der Waals surface area contributed by atoms with Crippen molar-refractivity contribution in [2.45, 2.75) is 13.3 Å². The Morgan fingerprint density at radius 3 is 2.68 bits per heavy atom. The number of benzene rings is 1. The predicted octanol–water partition coefficient (Wildman–Crippen LogP) is 4.73. The van der Waals surface area contributed by atoms with Crippen LogP contribution in [0.25, 0.3) is 16.8 Å². The van der Waals surface area contributed by atoms with Crippen LogP contribution in [0.2, 0.25) is 5.02 Å². The van der Waals surface area contributed by atoms with Gasteiger partial charge >= 0.3 is 0 Å². The number of pyridine rings is 1. The molecule has 22 heavy (non-hydrogen) atoms. The van der Waals surface area contributed by atoms with Crippen molar-refractivity contribution in [3.05, 3.63) is 71.7 Å². The molecule has 114 valence electrons. The molecule has 0 atom stereocenters. The Morgan fingerprint density at radius 1 is 1.27 bits per heavy atom. The molecule has 1 heterocycles. The average Bonchev–Trinajstić information content (AvgIpc) is 2.46. The van der Waals surface area contributed by atoms with E-state index in [0.29, 0.717) is 18.0 Å². The zero-order chi connectivity index (χ0) is 16.1. The highest BCUT2D eigenvalue weighted by Crippen LogP contribution is 2.24. The molecule has 0 radical (unpaired) electrons. The molecule has 0 saturated carbocycles. The third-order valence-electron chi connectivity index (χ3n) is 3.27. The van der Waals surface area contributed by atoms with Crippen LogP contribution in [0.15, 0.2) is 55.4 Å². The van der Waals surface area contributed by atoms with Crippen LogP contribution >= 0.6 is 11.6 Å². The van der Waals surface area contributed by atoms with Crippen molar-refractivity contribution in [1.29, 1.82) is 0 Å². The standard InChI is InChI=1S/C18H19ClN2O/c1-12-9-16(15-5-4-6-17(19)10-15)11-21-18(12)14(3)20-8-7-13(2)22/h4-6,9-11,20,22H,2-3,7-8H2,1H3. The van der Waals surface area contributed by atoms with Gasteiger partial charge in [0.2, 0.25) is 0 Å². The molecule has 2 rings (SSSR count). The summed E-state index contributed by atoms with van der Waals surface area (Å²) in [5.74, 6) is 0.154. The number of nitrogens with zero attached hydrogens (tertiary/aromatic N) is 1. The second-order valence-corrected chi connectivity index (χ2v) is 5.56. The molecule has 0 amide bonds. The smallest absolute Gasteiger partial charge is 0.0884 e. The summed E-state index contributed by atoms with van der Waals surface area (Å²) in [6.45, 7) is 10.0. The van der Waals surface area contributed by atoms with E-state index in [2.05, 4.69) is 29.5 Å². The van der Waals surface area contributed by atoms with Gasteiger partial charge < -0.3 is 10.4 Å². The highest BCUT2D eigenvalue weighted by molar-refractivity contribution is 6.30. The second kappa shape index (κ2) is 7.14. The molecule has 0 aliphatic carbocycles. The van der Waals surface area contributed by atoms with E-state index >= 15 is 0 Å². The van der Waals surface area contributed by atoms with Crippen molar-refractivity contribution in [2.24, 2.45) is 0 Å². The van der Waals surface area contributed by atoms with E-state index in [1.165, 1.54) is 0 Å². The SMILES string of the molecule is C=C(O)CCNC(=C)c1ncc(-c2cccc(Cl)c2)cc1C. The van der Waals surface area contributed by atoms with Gasteiger partial charge in [-0.25, -0.2) is 0 Å². The van der Waals surface area contributed by atoms with Crippen LogP contribution in [0.5, 0.6) is 0 Å². The van der Waals surface area contributed by atoms with Crippen molar-refractivity contribution in [3.63, 3.8) is 0 Å². The fourth-order valence-corrected chi connectivity index (χ4v) is 2.35. The first-order valence-corrected chi connectivity index (χ1v) is 7.37. The third kappa shape index (κ3) is 4.12. The van der Waals surface area contributed by atoms with Gasteiger partial charge in [-0.1, -0.05) is 36.9 Å². The number of aliphatic hydroxyl groups excluding tert-OH is 1. The quantitative estimate of drug-likeness (QED) is 0.757. The normalized spacial score (nSPS) is 10.3. The number of hydrogen-bond acceptors (Lipinski definition) is 3. The first-order chi connectivity index (χ1) is 10.5. The van der Waals surface area contributed by atoms with E-state index < -0.39 is 0 Å². The Bertz CT molecular complexity index is 710. The van der Waals surface area contributed by atoms with E-state index in [1.807, 2.05) is 37.4 Å². The molecular weight excluding hydrogens is 296 g/mol. The lowest BCUT2D eigenvalue weighted by Crippen LogP contribution is -2.15. The maximum Gasteiger partial charge on any atom is 0.0884 e. The fourth-order valence-electron chi connectivity index (χ4n) is 2.16. The fraction of sp³-hybridized carbons (Fsp3) is 0.167. The van der Waals surface area contributed by atoms with E-state index in [-0.39, 0.29) is 5.76 Å². The van der Waals surface area contributed by atoms with Crippen LogP contribution in [0.4, 0.5) is 0 Å². The highest BCUT2D eigenvalue weighted by atomic mass is 35.5. The predicted molar refractivity (Wildman–Crippen MR) is 92.8 cm³/mol. The number of halogens is 1. The van der Waals surface area contributed by atoms with E-state index in [1.54, 1.807) is 0 Å². The van der Waals surface area contributed by atoms with Crippen molar-refractivity contribution < 1.29 is 5.11 Å². The topological polar surface area (TPSA) is 45.1 Å². The number of aryl methyl sites for hydroxylation is 1. The van der Waals surface area contributed by atoms with Gasteiger partial charge in [0.1, 0.15) is 0 Å². The maximum absolute atomic E-state index is 9.08. The number of aromatic nitrogens is 1. The second-order valence-electron chi connectivity index (χ2n) is 5.12. The maximum atomic E-state index is 9.08. The lowest BCUT2D eigenvalue weighted by Gasteiger charge is -2.12. The van der Waals surface area contributed by atoms with Gasteiger partial charge in [-0.05, 0) is 36.2 Å². The monoisotopic (exact) mass is 314 g/mol. The minimum Gasteiger partial charge on any atom is -0.513 e. The van der Waals surface area contributed by atoms with Crippen LogP contribution in [-0.4, -0.2) is 16.6 Å². The molecule has 2 aromatic rings. The first-order valence-electron chi connectivity index (χ1n) is 7.00. The van der Waals surface area contributed by atoms with Crippen LogP contribution in [0.1, 0.15) is 17.7 Å². The molecule has 2 N–H and O–H groups in total. The van der Waals surface area contributed by atoms with E-state index in [4.69, 9.17) is 16.7 Å². The summed E-state index contributed by atoms with van der Waals surface area (Å²) >= 11 is 6.03. The van der Waals surface area contributed by atoms with Gasteiger partial charge in [0.25, 0.3) is 0 Å². The molecule has 0 aliphatic rings. The molecule has 0 aliphatic heterocycles. The van der Waals surface area contributed by atoms with Crippen molar-refractivity contribution in [2.75, 3.05) is 6.54 Å². The number of rotatable bonds is 6. The minimum atomic E-state index is 0.154. The molecule has 0 bridgehead atoms. The van der Waals surface area contributed by atoms with Gasteiger partial charge in [0.05, 0.1) is 17.2 Å². The molecule has 1 aromatic heterocycles. The Balaban J connectivity index is 2.16. The molecule has 4 heteroatoms. The summed E-state index contributed by atoms with van der Waals surface area (Å²) in [5.41, 5.74) is 4.62. The summed E-state index contributed by atoms with van der Waals surface area (Å²) in [5, 5.41) is 12.9. The van der Waals surface area contributed by atoms with Gasteiger partial charge in [-0.15, -0.1) is 0 Å². The number of nitrogens with one attached hydrogen (secondary N) is 1. The summed E-state index contributed by atoms with van der Waals surface area (Å²) < 4.78 is 0. The highest BCUT2D eigenvalue weighted by Gasteiger charge is 2.07. The van der Waals surface area contributed by atoms with Crippen LogP contribution in [0, 0.1) is 6.92 Å². The van der Waals surface area contributed by atoms with Crippen LogP contribution < -0.4 is 5.32 Å². The minimum absolute atomic E-state index is 0.154. The third-order valence-corrected chi connectivity index (χ3v) is 3.51. The van der Waals surface area contributed by atoms with Gasteiger partial charge in [0.15, 0.2) is 0 Å². The van der Waals surface area contributed by atoms with Gasteiger partial charge in [-0.2, -0.15) is 0 Å². The molecule has 0 fully saturated rings. The van der Waals surface area contributed by atoms with Crippen molar-refractivity contribution in [1.82, 2.24) is 10.3 Å². The average molecular weight is 315 g/mol. The molecule has 1 aromatic carbocycles. The van der Waals surface area contributed by atoms with Crippen molar-refractivity contribution >= 4 is 17.3 Å². The molecule has 0 saturated heterocycles. The summed E-state index contributed by atoms with van der Waals surface area (Å²) in [4.78, 5) is 4.49. The Morgan fingerprint density at radius 2 is 2.05 bits per heavy atom. The number of aliphatic hydroxyl groups is 1. The Labute approximate surface area is 136 Å². The van der Waals surface area contributed by atoms with Gasteiger partial charge in [0, 0.05) is 29.7 Å². The summed E-state index contributed by atoms with van der Waals surface area (Å²) in [6, 6.07) is 9.75. The molecule has 0 unspecified atom stereocenters. The lowest BCUT2D eigenvalue weighted by molar-refractivity contribution is 0.391. The van der Waals surface area contributed by atoms with Crippen LogP contribution in [-0.2, 0) is 0 Å². The van der Waals surface area contributed by atoms with E-state index in [0.717, 1.165) is 28.1 Å². The number of hydrogen-bond donors (Lipinski definition) is 2.